The fraction of sp³-hybridized carbons (Fsp3) is 0.810. The Morgan fingerprint density at radius 2 is 1.55 bits per heavy atom. The Balaban J connectivity index is 5.09. The number of carboxylic acids is 1. The molecule has 3 N–H and O–H groups in total. The van der Waals surface area contributed by atoms with Crippen molar-refractivity contribution in [3.05, 3.63) is 0 Å². The molecule has 2 unspecified atom stereocenters. The van der Waals surface area contributed by atoms with Gasteiger partial charge in [0.1, 0.15) is 12.3 Å². The molecule has 0 aromatic rings. The molecule has 29 heavy (non-hydrogen) atoms. The van der Waals surface area contributed by atoms with Gasteiger partial charge in [0.05, 0.1) is 6.04 Å². The zero-order valence-electron chi connectivity index (χ0n) is 19.0. The zero-order chi connectivity index (χ0) is 23.0. The first kappa shape index (κ1) is 27.4. The fourth-order valence-corrected chi connectivity index (χ4v) is 3.46. The van der Waals surface area contributed by atoms with Crippen LogP contribution in [-0.4, -0.2) is 52.3 Å². The summed E-state index contributed by atoms with van der Waals surface area (Å²) in [5.41, 5.74) is -0.999. The van der Waals surface area contributed by atoms with Crippen LogP contribution in [0.25, 0.3) is 0 Å². The summed E-state index contributed by atoms with van der Waals surface area (Å²) in [6.07, 6.45) is 1.21. The topological polar surface area (TPSA) is 113 Å². The smallest absolute Gasteiger partial charge is 0.327 e. The predicted octanol–water partition coefficient (Wildman–Crippen LogP) is 2.87. The number of carbonyl (C=O) groups excluding carboxylic acids is 3. The molecule has 0 aliphatic heterocycles. The van der Waals surface area contributed by atoms with E-state index in [1.165, 1.54) is 11.8 Å². The zero-order valence-corrected chi connectivity index (χ0v) is 19.8. The third kappa shape index (κ3) is 9.65. The monoisotopic (exact) mass is 430 g/mol. The van der Waals surface area contributed by atoms with E-state index in [-0.39, 0.29) is 29.4 Å². The number of carboxylic acid groups (broad SMARTS) is 1. The number of nitrogens with one attached hydrogen (secondary N) is 2. The molecule has 2 amide bonds. The number of carbonyl (C=O) groups is 4. The molecule has 168 valence electrons. The summed E-state index contributed by atoms with van der Waals surface area (Å²) in [4.78, 5) is 47.4. The molecule has 0 heterocycles. The first-order valence-corrected chi connectivity index (χ1v) is 11.1. The quantitative estimate of drug-likeness (QED) is 0.387. The number of thioether (sulfide) groups is 1. The minimum absolute atomic E-state index is 0.111. The van der Waals surface area contributed by atoms with Crippen LogP contribution < -0.4 is 10.6 Å². The Kier molecular flexibility index (Phi) is 10.9. The standard InChI is InChI=1S/C21H38N2O5S/c1-13(2)18(26)22-15(11-24)9-20(5,6)21(7,8)10-17(25)23-16(19(27)28)12-29-14(3)4/h11,13-16H,9-10,12H2,1-8H3,(H,22,26)(H,23,25)(H,27,28). The molecule has 0 bridgehead atoms. The lowest BCUT2D eigenvalue weighted by atomic mass is 9.63. The summed E-state index contributed by atoms with van der Waals surface area (Å²) in [6, 6.07) is -1.58. The number of amides is 2. The predicted molar refractivity (Wildman–Crippen MR) is 117 cm³/mol. The van der Waals surface area contributed by atoms with Crippen molar-refractivity contribution in [1.82, 2.24) is 10.6 Å². The highest BCUT2D eigenvalue weighted by Crippen LogP contribution is 2.44. The molecule has 7 nitrogen and oxygen atoms in total. The number of hydrogen-bond donors (Lipinski definition) is 3. The lowest BCUT2D eigenvalue weighted by molar-refractivity contribution is -0.141. The van der Waals surface area contributed by atoms with Crippen molar-refractivity contribution in [1.29, 1.82) is 0 Å². The molecule has 0 saturated carbocycles. The van der Waals surface area contributed by atoms with Gasteiger partial charge in [-0.15, -0.1) is 0 Å². The van der Waals surface area contributed by atoms with E-state index in [0.717, 1.165) is 6.29 Å². The molecule has 0 rings (SSSR count). The molecule has 0 aliphatic rings. The van der Waals surface area contributed by atoms with Crippen LogP contribution in [0.4, 0.5) is 0 Å². The van der Waals surface area contributed by atoms with E-state index in [1.54, 1.807) is 13.8 Å². The van der Waals surface area contributed by atoms with Gasteiger partial charge in [0.2, 0.25) is 11.8 Å². The van der Waals surface area contributed by atoms with E-state index >= 15 is 0 Å². The van der Waals surface area contributed by atoms with Crippen LogP contribution in [0.2, 0.25) is 0 Å². The minimum Gasteiger partial charge on any atom is -0.480 e. The second kappa shape index (κ2) is 11.6. The molecule has 0 fully saturated rings. The van der Waals surface area contributed by atoms with Gasteiger partial charge in [-0.25, -0.2) is 4.79 Å². The van der Waals surface area contributed by atoms with E-state index in [2.05, 4.69) is 10.6 Å². The van der Waals surface area contributed by atoms with Crippen molar-refractivity contribution in [2.24, 2.45) is 16.7 Å². The Morgan fingerprint density at radius 3 is 1.97 bits per heavy atom. The first-order valence-electron chi connectivity index (χ1n) is 10.0. The molecule has 8 heteroatoms. The maximum atomic E-state index is 12.6. The van der Waals surface area contributed by atoms with Gasteiger partial charge in [-0.1, -0.05) is 55.4 Å². The first-order chi connectivity index (χ1) is 13.1. The largest absolute Gasteiger partial charge is 0.480 e. The summed E-state index contributed by atoms with van der Waals surface area (Å²) < 4.78 is 0. The molecular weight excluding hydrogens is 392 g/mol. The van der Waals surface area contributed by atoms with Gasteiger partial charge in [-0.3, -0.25) is 9.59 Å². The summed E-state index contributed by atoms with van der Waals surface area (Å²) in [5.74, 6) is -1.51. The minimum atomic E-state index is -1.05. The van der Waals surface area contributed by atoms with Gasteiger partial charge in [0, 0.05) is 18.1 Å². The lowest BCUT2D eigenvalue weighted by Crippen LogP contribution is -2.48. The van der Waals surface area contributed by atoms with Gasteiger partial charge < -0.3 is 20.5 Å². The van der Waals surface area contributed by atoms with Gasteiger partial charge >= 0.3 is 5.97 Å². The van der Waals surface area contributed by atoms with E-state index < -0.39 is 28.9 Å². The average Bonchev–Trinajstić information content (AvgIpc) is 2.56. The van der Waals surface area contributed by atoms with Gasteiger partial charge in [0.15, 0.2) is 0 Å². The molecule has 0 radical (unpaired) electrons. The van der Waals surface area contributed by atoms with Gasteiger partial charge in [-0.2, -0.15) is 11.8 Å². The molecule has 0 saturated heterocycles. The average molecular weight is 431 g/mol. The van der Waals surface area contributed by atoms with Crippen LogP contribution in [0.15, 0.2) is 0 Å². The molecule has 0 aromatic carbocycles. The highest BCUT2D eigenvalue weighted by molar-refractivity contribution is 7.99. The van der Waals surface area contributed by atoms with E-state index in [1.807, 2.05) is 41.5 Å². The Morgan fingerprint density at radius 1 is 1.00 bits per heavy atom. The third-order valence-corrected chi connectivity index (χ3v) is 6.60. The summed E-state index contributed by atoms with van der Waals surface area (Å²) in [6.45, 7) is 15.2. The van der Waals surface area contributed by atoms with Crippen LogP contribution in [0.1, 0.15) is 68.2 Å². The van der Waals surface area contributed by atoms with Crippen LogP contribution >= 0.6 is 11.8 Å². The molecular formula is C21H38N2O5S. The molecule has 2 atom stereocenters. The van der Waals surface area contributed by atoms with Crippen molar-refractivity contribution < 1.29 is 24.3 Å². The van der Waals surface area contributed by atoms with Crippen LogP contribution in [-0.2, 0) is 19.2 Å². The van der Waals surface area contributed by atoms with Crippen LogP contribution in [0, 0.1) is 16.7 Å². The van der Waals surface area contributed by atoms with Crippen molar-refractivity contribution >= 4 is 35.8 Å². The van der Waals surface area contributed by atoms with E-state index in [4.69, 9.17) is 0 Å². The van der Waals surface area contributed by atoms with Crippen molar-refractivity contribution in [3.63, 3.8) is 0 Å². The maximum Gasteiger partial charge on any atom is 0.327 e. The fourth-order valence-electron chi connectivity index (χ4n) is 2.66. The number of rotatable bonds is 13. The van der Waals surface area contributed by atoms with E-state index in [9.17, 15) is 24.3 Å². The second-order valence-corrected chi connectivity index (χ2v) is 11.0. The highest BCUT2D eigenvalue weighted by Gasteiger charge is 2.41. The third-order valence-electron chi connectivity index (χ3n) is 5.41. The number of hydrogen-bond acceptors (Lipinski definition) is 5. The SMILES string of the molecule is CC(C)SCC(NC(=O)CC(C)(C)C(C)(C)CC(C=O)NC(=O)C(C)C)C(=O)O. The maximum absolute atomic E-state index is 12.6. The van der Waals surface area contributed by atoms with Crippen LogP contribution in [0.3, 0.4) is 0 Å². The van der Waals surface area contributed by atoms with Crippen molar-refractivity contribution in [2.45, 2.75) is 85.6 Å². The second-order valence-electron chi connectivity index (χ2n) is 9.39. The molecule has 0 aliphatic carbocycles. The number of aldehydes is 1. The summed E-state index contributed by atoms with van der Waals surface area (Å²) in [7, 11) is 0. The highest BCUT2D eigenvalue weighted by atomic mass is 32.2. The Bertz CT molecular complexity index is 588. The summed E-state index contributed by atoms with van der Waals surface area (Å²) >= 11 is 1.48. The normalized spacial score (nSPS) is 14.4. The Hall–Kier alpha value is -1.57. The van der Waals surface area contributed by atoms with Gasteiger partial charge in [0.25, 0.3) is 0 Å². The summed E-state index contributed by atoms with van der Waals surface area (Å²) in [5, 5.41) is 15.0. The van der Waals surface area contributed by atoms with Crippen LogP contribution in [0.5, 0.6) is 0 Å². The lowest BCUT2D eigenvalue weighted by Gasteiger charge is -2.43. The van der Waals surface area contributed by atoms with Crippen molar-refractivity contribution in [2.75, 3.05) is 5.75 Å². The molecule has 0 spiro atoms. The van der Waals surface area contributed by atoms with E-state index in [0.29, 0.717) is 12.2 Å². The van der Waals surface area contributed by atoms with Gasteiger partial charge in [-0.05, 0) is 22.5 Å². The number of aliphatic carboxylic acids is 1. The molecule has 0 aromatic heterocycles. The van der Waals surface area contributed by atoms with Crippen molar-refractivity contribution in [3.8, 4) is 0 Å². The Labute approximate surface area is 179 Å².